The largest absolute Gasteiger partial charge is 0.114 e. The third kappa shape index (κ3) is 4.11. The van der Waals surface area contributed by atoms with Gasteiger partial charge in [0, 0.05) is 5.56 Å². The van der Waals surface area contributed by atoms with Gasteiger partial charge in [0.25, 0.3) is 0 Å². The molecule has 3 rings (SSSR count). The summed E-state index contributed by atoms with van der Waals surface area (Å²) in [7, 11) is 2.94. The summed E-state index contributed by atoms with van der Waals surface area (Å²) in [6.45, 7) is 0. The lowest BCUT2D eigenvalue weighted by Gasteiger charge is -2.24. The summed E-state index contributed by atoms with van der Waals surface area (Å²) >= 11 is 0. The second-order valence-corrected chi connectivity index (χ2v) is 6.02. The fourth-order valence-electron chi connectivity index (χ4n) is 2.41. The van der Waals surface area contributed by atoms with E-state index in [1.807, 2.05) is 42.5 Å². The van der Waals surface area contributed by atoms with Gasteiger partial charge < -0.3 is 0 Å². The Morgan fingerprint density at radius 2 is 1.00 bits per heavy atom. The molecule has 0 aliphatic carbocycles. The smallest absolute Gasteiger partial charge is 0.0950 e. The molecule has 3 aromatic carbocycles. The lowest BCUT2D eigenvalue weighted by molar-refractivity contribution is 0.978. The van der Waals surface area contributed by atoms with Crippen molar-refractivity contribution in [2.24, 2.45) is 0 Å². The van der Waals surface area contributed by atoms with E-state index in [4.69, 9.17) is 0 Å². The molecule has 0 amide bonds. The summed E-state index contributed by atoms with van der Waals surface area (Å²) in [5, 5.41) is -0.404. The summed E-state index contributed by atoms with van der Waals surface area (Å²) < 4.78 is 0. The standard InChI is InChI=1S/C21H17P.BrH/c22-21(19-12-6-2-7-13-19,20-14-8-3-9-15-20)17-16-18-10-4-1-5-11-18;/h1-15H,22H2;1H. The van der Waals surface area contributed by atoms with Crippen LogP contribution in [-0.4, -0.2) is 0 Å². The molecule has 0 spiro atoms. The normalized spacial score (nSPS) is 10.1. The highest BCUT2D eigenvalue weighted by molar-refractivity contribution is 8.93. The molecule has 0 fully saturated rings. The Hall–Kier alpha value is -1.87. The molecule has 0 bridgehead atoms. The topological polar surface area (TPSA) is 0 Å². The number of hydrogen-bond donors (Lipinski definition) is 0. The molecule has 0 aliphatic rings. The first-order valence-corrected chi connectivity index (χ1v) is 7.85. The minimum absolute atomic E-state index is 0. The van der Waals surface area contributed by atoms with Gasteiger partial charge in [0.05, 0.1) is 5.16 Å². The Bertz CT molecular complexity index is 747. The maximum atomic E-state index is 3.46. The highest BCUT2D eigenvalue weighted by Crippen LogP contribution is 2.38. The van der Waals surface area contributed by atoms with E-state index >= 15 is 0 Å². The van der Waals surface area contributed by atoms with Crippen LogP contribution in [0.25, 0.3) is 0 Å². The van der Waals surface area contributed by atoms with Crippen molar-refractivity contribution < 1.29 is 0 Å². The SMILES string of the molecule is Br.PC(C#Cc1ccccc1)(c1ccccc1)c1ccccc1. The predicted molar refractivity (Wildman–Crippen MR) is 107 cm³/mol. The van der Waals surface area contributed by atoms with Crippen molar-refractivity contribution >= 4 is 26.2 Å². The van der Waals surface area contributed by atoms with Crippen LogP contribution < -0.4 is 0 Å². The Labute approximate surface area is 150 Å². The maximum absolute atomic E-state index is 3.46. The molecule has 0 nitrogen and oxygen atoms in total. The van der Waals surface area contributed by atoms with E-state index in [0.29, 0.717) is 0 Å². The summed E-state index contributed by atoms with van der Waals surface area (Å²) in [5.41, 5.74) is 3.38. The van der Waals surface area contributed by atoms with Gasteiger partial charge in [-0.05, 0) is 23.3 Å². The first kappa shape index (κ1) is 17.5. The first-order chi connectivity index (χ1) is 10.8. The van der Waals surface area contributed by atoms with Gasteiger partial charge in [-0.3, -0.25) is 0 Å². The minimum atomic E-state index is -0.404. The van der Waals surface area contributed by atoms with Crippen molar-refractivity contribution in [2.45, 2.75) is 5.16 Å². The minimum Gasteiger partial charge on any atom is -0.114 e. The molecule has 0 aromatic heterocycles. The monoisotopic (exact) mass is 380 g/mol. The van der Waals surface area contributed by atoms with Crippen molar-refractivity contribution in [3.63, 3.8) is 0 Å². The Morgan fingerprint density at radius 1 is 0.609 bits per heavy atom. The van der Waals surface area contributed by atoms with E-state index in [2.05, 4.69) is 69.6 Å². The van der Waals surface area contributed by atoms with Crippen LogP contribution in [0.15, 0.2) is 91.0 Å². The summed E-state index contributed by atoms with van der Waals surface area (Å²) in [5.74, 6) is 6.77. The van der Waals surface area contributed by atoms with Crippen molar-refractivity contribution in [1.82, 2.24) is 0 Å². The predicted octanol–water partition coefficient (Wildman–Crippen LogP) is 5.43. The van der Waals surface area contributed by atoms with Crippen LogP contribution in [0.3, 0.4) is 0 Å². The van der Waals surface area contributed by atoms with Gasteiger partial charge >= 0.3 is 0 Å². The van der Waals surface area contributed by atoms with E-state index in [-0.39, 0.29) is 17.0 Å². The average molecular weight is 381 g/mol. The summed E-state index contributed by atoms with van der Waals surface area (Å²) in [6.07, 6.45) is 0. The molecule has 114 valence electrons. The van der Waals surface area contributed by atoms with Crippen LogP contribution >= 0.6 is 26.2 Å². The molecule has 2 heteroatoms. The zero-order valence-corrected chi connectivity index (χ0v) is 15.5. The van der Waals surface area contributed by atoms with Gasteiger partial charge in [-0.25, -0.2) is 0 Å². The molecule has 1 unspecified atom stereocenters. The summed E-state index contributed by atoms with van der Waals surface area (Å²) in [6, 6.07) is 30.9. The van der Waals surface area contributed by atoms with Crippen LogP contribution in [0.5, 0.6) is 0 Å². The van der Waals surface area contributed by atoms with E-state index < -0.39 is 5.16 Å². The number of halogens is 1. The molecular formula is C21H18BrP. The third-order valence-corrected chi connectivity index (χ3v) is 4.45. The fraction of sp³-hybridized carbons (Fsp3) is 0.0476. The van der Waals surface area contributed by atoms with Crippen LogP contribution in [0.4, 0.5) is 0 Å². The Balaban J connectivity index is 0.00000192. The van der Waals surface area contributed by atoms with Gasteiger partial charge in [0.15, 0.2) is 0 Å². The van der Waals surface area contributed by atoms with Crippen molar-refractivity contribution in [3.8, 4) is 11.8 Å². The van der Waals surface area contributed by atoms with Gasteiger partial charge in [0.1, 0.15) is 0 Å². The molecular weight excluding hydrogens is 363 g/mol. The van der Waals surface area contributed by atoms with E-state index in [0.717, 1.165) is 5.56 Å². The maximum Gasteiger partial charge on any atom is 0.0950 e. The Kier molecular flexibility index (Phi) is 6.17. The highest BCUT2D eigenvalue weighted by atomic mass is 79.9. The van der Waals surface area contributed by atoms with Crippen LogP contribution in [-0.2, 0) is 5.16 Å². The second kappa shape index (κ2) is 8.11. The number of rotatable bonds is 2. The van der Waals surface area contributed by atoms with E-state index in [9.17, 15) is 0 Å². The molecule has 23 heavy (non-hydrogen) atoms. The zero-order valence-electron chi connectivity index (χ0n) is 12.6. The van der Waals surface area contributed by atoms with Gasteiger partial charge in [-0.1, -0.05) is 90.7 Å². The molecule has 3 aromatic rings. The van der Waals surface area contributed by atoms with E-state index in [1.165, 1.54) is 11.1 Å². The Morgan fingerprint density at radius 3 is 1.43 bits per heavy atom. The molecule has 0 N–H and O–H groups in total. The molecule has 0 radical (unpaired) electrons. The fourth-order valence-corrected chi connectivity index (χ4v) is 2.86. The second-order valence-electron chi connectivity index (χ2n) is 5.16. The van der Waals surface area contributed by atoms with Crippen LogP contribution in [0, 0.1) is 11.8 Å². The number of benzene rings is 3. The van der Waals surface area contributed by atoms with Crippen LogP contribution in [0.1, 0.15) is 16.7 Å². The van der Waals surface area contributed by atoms with Gasteiger partial charge in [-0.15, -0.1) is 26.2 Å². The highest BCUT2D eigenvalue weighted by Gasteiger charge is 2.26. The number of hydrogen-bond acceptors (Lipinski definition) is 0. The average Bonchev–Trinajstić information content (AvgIpc) is 2.62. The lowest BCUT2D eigenvalue weighted by Crippen LogP contribution is -2.17. The van der Waals surface area contributed by atoms with Crippen molar-refractivity contribution in [2.75, 3.05) is 0 Å². The van der Waals surface area contributed by atoms with Crippen molar-refractivity contribution in [1.29, 1.82) is 0 Å². The molecule has 0 heterocycles. The van der Waals surface area contributed by atoms with Crippen molar-refractivity contribution in [3.05, 3.63) is 108 Å². The molecule has 1 atom stereocenters. The first-order valence-electron chi connectivity index (χ1n) is 7.27. The van der Waals surface area contributed by atoms with Gasteiger partial charge in [0.2, 0.25) is 0 Å². The lowest BCUT2D eigenvalue weighted by atomic mass is 9.90. The molecule has 0 saturated carbocycles. The quantitative estimate of drug-likeness (QED) is 0.410. The van der Waals surface area contributed by atoms with E-state index in [1.54, 1.807) is 0 Å². The molecule has 0 aliphatic heterocycles. The van der Waals surface area contributed by atoms with Crippen LogP contribution in [0.2, 0.25) is 0 Å². The third-order valence-electron chi connectivity index (χ3n) is 3.64. The molecule has 0 saturated heterocycles. The zero-order chi connectivity index (χ0) is 15.3. The summed E-state index contributed by atoms with van der Waals surface area (Å²) in [4.78, 5) is 0. The van der Waals surface area contributed by atoms with Gasteiger partial charge in [-0.2, -0.15) is 0 Å².